The van der Waals surface area contributed by atoms with Gasteiger partial charge in [0.2, 0.25) is 0 Å². The lowest BCUT2D eigenvalue weighted by Crippen LogP contribution is -2.04. The van der Waals surface area contributed by atoms with Crippen LogP contribution in [0.2, 0.25) is 0 Å². The van der Waals surface area contributed by atoms with Gasteiger partial charge in [0, 0.05) is 0 Å². The lowest BCUT2D eigenvalue weighted by molar-refractivity contribution is -0.139. The second-order valence-electron chi connectivity index (χ2n) is 3.32. The zero-order chi connectivity index (χ0) is 10.4. The van der Waals surface area contributed by atoms with E-state index in [0.717, 1.165) is 18.4 Å². The van der Waals surface area contributed by atoms with Crippen LogP contribution in [-0.2, 0) is 22.4 Å². The first-order chi connectivity index (χ1) is 6.76. The van der Waals surface area contributed by atoms with Crippen LogP contribution >= 0.6 is 0 Å². The number of methoxy groups -OCH3 is 1. The van der Waals surface area contributed by atoms with Crippen LogP contribution in [0.25, 0.3) is 0 Å². The highest BCUT2D eigenvalue weighted by molar-refractivity contribution is 5.72. The molecule has 0 atom stereocenters. The van der Waals surface area contributed by atoms with Crippen molar-refractivity contribution in [1.29, 1.82) is 0 Å². The lowest BCUT2D eigenvalue weighted by atomic mass is 10.1. The molecule has 0 aliphatic carbocycles. The molecule has 0 aliphatic rings. The molecule has 0 N–H and O–H groups in total. The van der Waals surface area contributed by atoms with E-state index in [4.69, 9.17) is 0 Å². The molecule has 0 radical (unpaired) electrons. The van der Waals surface area contributed by atoms with E-state index < -0.39 is 0 Å². The number of benzene rings is 1. The summed E-state index contributed by atoms with van der Waals surface area (Å²) < 4.78 is 4.59. The molecule has 1 rings (SSSR count). The maximum Gasteiger partial charge on any atom is 0.309 e. The molecule has 0 heterocycles. The summed E-state index contributed by atoms with van der Waals surface area (Å²) in [6.45, 7) is 2.16. The van der Waals surface area contributed by atoms with Gasteiger partial charge in [0.1, 0.15) is 0 Å². The van der Waals surface area contributed by atoms with Gasteiger partial charge in [0.05, 0.1) is 13.5 Å². The topological polar surface area (TPSA) is 26.3 Å². The molecule has 2 heteroatoms. The van der Waals surface area contributed by atoms with E-state index in [1.807, 2.05) is 12.1 Å². The molecule has 1 aromatic rings. The molecule has 0 spiro atoms. The zero-order valence-electron chi connectivity index (χ0n) is 8.75. The molecule has 0 unspecified atom stereocenters. The Bertz CT molecular complexity index is 288. The van der Waals surface area contributed by atoms with Crippen molar-refractivity contribution < 1.29 is 9.53 Å². The molecule has 1 aromatic carbocycles. The summed E-state index contributed by atoms with van der Waals surface area (Å²) in [7, 11) is 1.41. The maximum absolute atomic E-state index is 11.0. The SMILES string of the molecule is CCCc1ccc(CC(=O)OC)cc1. The monoisotopic (exact) mass is 192 g/mol. The van der Waals surface area contributed by atoms with Crippen LogP contribution in [-0.4, -0.2) is 13.1 Å². The second kappa shape index (κ2) is 5.43. The van der Waals surface area contributed by atoms with E-state index in [1.165, 1.54) is 12.7 Å². The van der Waals surface area contributed by atoms with E-state index in [2.05, 4.69) is 23.8 Å². The van der Waals surface area contributed by atoms with Crippen LogP contribution < -0.4 is 0 Å². The van der Waals surface area contributed by atoms with E-state index in [9.17, 15) is 4.79 Å². The fourth-order valence-corrected chi connectivity index (χ4v) is 1.35. The number of aryl methyl sites for hydroxylation is 1. The van der Waals surface area contributed by atoms with Gasteiger partial charge in [-0.2, -0.15) is 0 Å². The molecule has 0 amide bonds. The average molecular weight is 192 g/mol. The Hall–Kier alpha value is -1.31. The first kappa shape index (κ1) is 10.8. The van der Waals surface area contributed by atoms with Crippen molar-refractivity contribution in [2.75, 3.05) is 7.11 Å². The van der Waals surface area contributed by atoms with Crippen molar-refractivity contribution in [1.82, 2.24) is 0 Å². The Labute approximate surface area is 84.9 Å². The third kappa shape index (κ3) is 3.21. The number of esters is 1. The molecule has 14 heavy (non-hydrogen) atoms. The zero-order valence-corrected chi connectivity index (χ0v) is 8.75. The molecule has 0 saturated carbocycles. The van der Waals surface area contributed by atoms with E-state index in [1.54, 1.807) is 0 Å². The summed E-state index contributed by atoms with van der Waals surface area (Å²) >= 11 is 0. The predicted molar refractivity (Wildman–Crippen MR) is 56.2 cm³/mol. The summed E-state index contributed by atoms with van der Waals surface area (Å²) in [4.78, 5) is 11.0. The Kier molecular flexibility index (Phi) is 4.17. The molecular formula is C12H16O2. The van der Waals surface area contributed by atoms with Crippen molar-refractivity contribution in [3.8, 4) is 0 Å². The summed E-state index contributed by atoms with van der Waals surface area (Å²) in [6, 6.07) is 8.12. The van der Waals surface area contributed by atoms with E-state index in [-0.39, 0.29) is 5.97 Å². The maximum atomic E-state index is 11.0. The third-order valence-electron chi connectivity index (χ3n) is 2.14. The van der Waals surface area contributed by atoms with Gasteiger partial charge in [0.25, 0.3) is 0 Å². The highest BCUT2D eigenvalue weighted by atomic mass is 16.5. The normalized spacial score (nSPS) is 9.86. The molecule has 0 bridgehead atoms. The van der Waals surface area contributed by atoms with Gasteiger partial charge in [-0.05, 0) is 17.5 Å². The van der Waals surface area contributed by atoms with Crippen molar-refractivity contribution >= 4 is 5.97 Å². The van der Waals surface area contributed by atoms with Crippen LogP contribution in [0, 0.1) is 0 Å². The van der Waals surface area contributed by atoms with E-state index >= 15 is 0 Å². The molecule has 76 valence electrons. The highest BCUT2D eigenvalue weighted by Crippen LogP contribution is 2.07. The standard InChI is InChI=1S/C12H16O2/c1-3-4-10-5-7-11(8-6-10)9-12(13)14-2/h5-8H,3-4,9H2,1-2H3. The minimum absolute atomic E-state index is 0.187. The first-order valence-electron chi connectivity index (χ1n) is 4.91. The summed E-state index contributed by atoms with van der Waals surface area (Å²) in [6.07, 6.45) is 2.61. The van der Waals surface area contributed by atoms with Crippen LogP contribution in [0.1, 0.15) is 24.5 Å². The molecular weight excluding hydrogens is 176 g/mol. The Balaban J connectivity index is 2.59. The quantitative estimate of drug-likeness (QED) is 0.684. The van der Waals surface area contributed by atoms with Crippen molar-refractivity contribution in [2.45, 2.75) is 26.2 Å². The number of hydrogen-bond donors (Lipinski definition) is 0. The van der Waals surface area contributed by atoms with Crippen LogP contribution in [0.5, 0.6) is 0 Å². The Morgan fingerprint density at radius 2 is 1.79 bits per heavy atom. The fraction of sp³-hybridized carbons (Fsp3) is 0.417. The van der Waals surface area contributed by atoms with Gasteiger partial charge in [-0.25, -0.2) is 0 Å². The van der Waals surface area contributed by atoms with Gasteiger partial charge in [-0.3, -0.25) is 4.79 Å². The molecule has 0 saturated heterocycles. The average Bonchev–Trinajstić information content (AvgIpc) is 2.21. The van der Waals surface area contributed by atoms with Crippen LogP contribution in [0.4, 0.5) is 0 Å². The molecule has 0 aliphatic heterocycles. The number of hydrogen-bond acceptors (Lipinski definition) is 2. The largest absolute Gasteiger partial charge is 0.469 e. The first-order valence-corrected chi connectivity index (χ1v) is 4.91. The van der Waals surface area contributed by atoms with Crippen LogP contribution in [0.15, 0.2) is 24.3 Å². The summed E-state index contributed by atoms with van der Waals surface area (Å²) in [5.74, 6) is -0.187. The number of carbonyl (C=O) groups is 1. The number of rotatable bonds is 4. The second-order valence-corrected chi connectivity index (χ2v) is 3.32. The third-order valence-corrected chi connectivity index (χ3v) is 2.14. The Morgan fingerprint density at radius 1 is 1.21 bits per heavy atom. The van der Waals surface area contributed by atoms with Crippen LogP contribution in [0.3, 0.4) is 0 Å². The van der Waals surface area contributed by atoms with Crippen molar-refractivity contribution in [3.05, 3.63) is 35.4 Å². The van der Waals surface area contributed by atoms with Crippen molar-refractivity contribution in [3.63, 3.8) is 0 Å². The molecule has 0 fully saturated rings. The number of ether oxygens (including phenoxy) is 1. The smallest absolute Gasteiger partial charge is 0.309 e. The lowest BCUT2D eigenvalue weighted by Gasteiger charge is -2.02. The van der Waals surface area contributed by atoms with Gasteiger partial charge < -0.3 is 4.74 Å². The van der Waals surface area contributed by atoms with E-state index in [0.29, 0.717) is 6.42 Å². The minimum Gasteiger partial charge on any atom is -0.469 e. The molecule has 0 aromatic heterocycles. The predicted octanol–water partition coefficient (Wildman–Crippen LogP) is 2.35. The highest BCUT2D eigenvalue weighted by Gasteiger charge is 2.01. The number of carbonyl (C=O) groups excluding carboxylic acids is 1. The molecule has 2 nitrogen and oxygen atoms in total. The van der Waals surface area contributed by atoms with Gasteiger partial charge in [-0.1, -0.05) is 37.6 Å². The van der Waals surface area contributed by atoms with Gasteiger partial charge in [0.15, 0.2) is 0 Å². The van der Waals surface area contributed by atoms with Gasteiger partial charge in [-0.15, -0.1) is 0 Å². The van der Waals surface area contributed by atoms with Crippen molar-refractivity contribution in [2.24, 2.45) is 0 Å². The Morgan fingerprint density at radius 3 is 2.29 bits per heavy atom. The minimum atomic E-state index is -0.187. The summed E-state index contributed by atoms with van der Waals surface area (Å²) in [5.41, 5.74) is 2.33. The summed E-state index contributed by atoms with van der Waals surface area (Å²) in [5, 5.41) is 0. The fourth-order valence-electron chi connectivity index (χ4n) is 1.35. The van der Waals surface area contributed by atoms with Gasteiger partial charge >= 0.3 is 5.97 Å².